The number of nitrogens with two attached hydrogens (primary N) is 1. The summed E-state index contributed by atoms with van der Waals surface area (Å²) < 4.78 is 15.1. The molecule has 0 radical (unpaired) electrons. The van der Waals surface area contributed by atoms with Crippen LogP contribution in [0.4, 0.5) is 4.39 Å². The number of benzene rings is 2. The van der Waals surface area contributed by atoms with Gasteiger partial charge in [-0.3, -0.25) is 9.69 Å². The molecular formula is C20H22FN5O. The number of carbonyl (C=O) groups is 1. The average molecular weight is 367 g/mol. The van der Waals surface area contributed by atoms with E-state index in [0.717, 1.165) is 16.8 Å². The summed E-state index contributed by atoms with van der Waals surface area (Å²) in [6, 6.07) is 13.9. The Kier molecular flexibility index (Phi) is 5.32. The molecule has 140 valence electrons. The van der Waals surface area contributed by atoms with Crippen molar-refractivity contribution < 1.29 is 9.18 Å². The van der Waals surface area contributed by atoms with Crippen LogP contribution in [0.15, 0.2) is 48.5 Å². The van der Waals surface area contributed by atoms with Gasteiger partial charge in [-0.25, -0.2) is 14.1 Å². The largest absolute Gasteiger partial charge is 0.369 e. The van der Waals surface area contributed by atoms with E-state index in [1.54, 1.807) is 16.8 Å². The highest BCUT2D eigenvalue weighted by molar-refractivity contribution is 5.75. The summed E-state index contributed by atoms with van der Waals surface area (Å²) in [5.41, 5.74) is 8.15. The van der Waals surface area contributed by atoms with Crippen molar-refractivity contribution >= 4 is 5.91 Å². The van der Waals surface area contributed by atoms with Gasteiger partial charge in [0.25, 0.3) is 0 Å². The molecule has 0 bridgehead atoms. The zero-order valence-corrected chi connectivity index (χ0v) is 15.6. The number of amides is 1. The van der Waals surface area contributed by atoms with Crippen LogP contribution in [-0.2, 0) is 11.2 Å². The van der Waals surface area contributed by atoms with E-state index < -0.39 is 5.91 Å². The van der Waals surface area contributed by atoms with Gasteiger partial charge in [0.05, 0.1) is 18.2 Å². The zero-order valence-electron chi connectivity index (χ0n) is 15.6. The third-order valence-corrected chi connectivity index (χ3v) is 4.23. The summed E-state index contributed by atoms with van der Waals surface area (Å²) in [6.07, 6.45) is -0.0462. The molecule has 1 heterocycles. The maximum atomic E-state index is 13.4. The minimum Gasteiger partial charge on any atom is -0.369 e. The second-order valence-electron chi connectivity index (χ2n) is 6.69. The lowest BCUT2D eigenvalue weighted by atomic mass is 10.0. The molecule has 6 nitrogen and oxygen atoms in total. The lowest BCUT2D eigenvalue weighted by Crippen LogP contribution is -2.24. The van der Waals surface area contributed by atoms with Crippen LogP contribution in [0.5, 0.6) is 0 Å². The standard InChI is InChI=1S/C20H22FN5O/c1-13-4-10-16(11-5-13)26-20(23-18(24-26)12-17(22)27)19(25(2)3)14-6-8-15(21)9-7-14/h4-11,19H,12H2,1-3H3,(H2,22,27). The smallest absolute Gasteiger partial charge is 0.225 e. The van der Waals surface area contributed by atoms with Crippen LogP contribution in [-0.4, -0.2) is 39.7 Å². The molecule has 1 aromatic heterocycles. The van der Waals surface area contributed by atoms with Gasteiger partial charge < -0.3 is 5.73 Å². The van der Waals surface area contributed by atoms with Crippen molar-refractivity contribution in [3.05, 3.63) is 77.1 Å². The summed E-state index contributed by atoms with van der Waals surface area (Å²) in [7, 11) is 3.83. The van der Waals surface area contributed by atoms with E-state index in [1.165, 1.54) is 12.1 Å². The first-order chi connectivity index (χ1) is 12.8. The van der Waals surface area contributed by atoms with Crippen LogP contribution in [0.1, 0.15) is 28.8 Å². The second-order valence-corrected chi connectivity index (χ2v) is 6.69. The van der Waals surface area contributed by atoms with E-state index in [4.69, 9.17) is 5.73 Å². The number of halogens is 1. The van der Waals surface area contributed by atoms with Crippen molar-refractivity contribution in [1.29, 1.82) is 0 Å². The first-order valence-electron chi connectivity index (χ1n) is 8.58. The van der Waals surface area contributed by atoms with Gasteiger partial charge >= 0.3 is 0 Å². The van der Waals surface area contributed by atoms with E-state index in [9.17, 15) is 9.18 Å². The van der Waals surface area contributed by atoms with Crippen molar-refractivity contribution in [2.75, 3.05) is 14.1 Å². The van der Waals surface area contributed by atoms with E-state index in [0.29, 0.717) is 11.6 Å². The molecule has 0 saturated carbocycles. The number of rotatable bonds is 6. The monoisotopic (exact) mass is 367 g/mol. The molecule has 3 aromatic rings. The predicted octanol–water partition coefficient (Wildman–Crippen LogP) is 2.39. The number of carbonyl (C=O) groups excluding carboxylic acids is 1. The molecule has 0 aliphatic rings. The fraction of sp³-hybridized carbons (Fsp3) is 0.250. The molecule has 2 N–H and O–H groups in total. The van der Waals surface area contributed by atoms with E-state index in [1.807, 2.05) is 50.2 Å². The Morgan fingerprint density at radius 2 is 1.78 bits per heavy atom. The Balaban J connectivity index is 2.15. The molecule has 0 fully saturated rings. The lowest BCUT2D eigenvalue weighted by Gasteiger charge is -2.24. The van der Waals surface area contributed by atoms with E-state index >= 15 is 0 Å². The minimum atomic E-state index is -0.495. The molecule has 1 amide bonds. The minimum absolute atomic E-state index is 0.0462. The maximum absolute atomic E-state index is 13.4. The third kappa shape index (κ3) is 4.20. The molecule has 3 rings (SSSR count). The molecule has 0 spiro atoms. The van der Waals surface area contributed by atoms with Gasteiger partial charge in [0.1, 0.15) is 5.82 Å². The van der Waals surface area contributed by atoms with Crippen molar-refractivity contribution in [3.8, 4) is 5.69 Å². The molecule has 2 aromatic carbocycles. The van der Waals surface area contributed by atoms with Crippen LogP contribution in [0, 0.1) is 12.7 Å². The summed E-state index contributed by atoms with van der Waals surface area (Å²) in [5, 5.41) is 4.50. The van der Waals surface area contributed by atoms with E-state index in [2.05, 4.69) is 10.1 Å². The Morgan fingerprint density at radius 1 is 1.15 bits per heavy atom. The summed E-state index contributed by atoms with van der Waals surface area (Å²) in [4.78, 5) is 17.9. The quantitative estimate of drug-likeness (QED) is 0.726. The Morgan fingerprint density at radius 3 is 2.33 bits per heavy atom. The number of primary amides is 1. The summed E-state index contributed by atoms with van der Waals surface area (Å²) in [5.74, 6) is 0.190. The van der Waals surface area contributed by atoms with Crippen molar-refractivity contribution in [2.45, 2.75) is 19.4 Å². The molecule has 0 saturated heterocycles. The topological polar surface area (TPSA) is 77.0 Å². The SMILES string of the molecule is Cc1ccc(-n2nc(CC(N)=O)nc2C(c2ccc(F)cc2)N(C)C)cc1. The molecule has 1 unspecified atom stereocenters. The zero-order chi connectivity index (χ0) is 19.6. The van der Waals surface area contributed by atoms with Crippen LogP contribution >= 0.6 is 0 Å². The molecular weight excluding hydrogens is 345 g/mol. The Hall–Kier alpha value is -3.06. The van der Waals surface area contributed by atoms with Gasteiger partial charge in [-0.2, -0.15) is 5.10 Å². The lowest BCUT2D eigenvalue weighted by molar-refractivity contribution is -0.117. The Labute approximate surface area is 157 Å². The van der Waals surface area contributed by atoms with Crippen molar-refractivity contribution in [3.63, 3.8) is 0 Å². The van der Waals surface area contributed by atoms with Gasteiger partial charge in [0, 0.05) is 0 Å². The molecule has 0 aliphatic carbocycles. The first-order valence-corrected chi connectivity index (χ1v) is 8.58. The predicted molar refractivity (Wildman–Crippen MR) is 101 cm³/mol. The van der Waals surface area contributed by atoms with Crippen LogP contribution < -0.4 is 5.73 Å². The van der Waals surface area contributed by atoms with Crippen LogP contribution in [0.2, 0.25) is 0 Å². The number of aromatic nitrogens is 3. The van der Waals surface area contributed by atoms with Gasteiger partial charge in [0.2, 0.25) is 5.91 Å². The third-order valence-electron chi connectivity index (χ3n) is 4.23. The molecule has 0 aliphatic heterocycles. The number of hydrogen-bond acceptors (Lipinski definition) is 4. The number of hydrogen-bond donors (Lipinski definition) is 1. The molecule has 1 atom stereocenters. The summed E-state index contributed by atoms with van der Waals surface area (Å²) in [6.45, 7) is 2.01. The maximum Gasteiger partial charge on any atom is 0.225 e. The van der Waals surface area contributed by atoms with Crippen LogP contribution in [0.3, 0.4) is 0 Å². The normalized spacial score (nSPS) is 12.3. The van der Waals surface area contributed by atoms with Gasteiger partial charge in [-0.05, 0) is 50.8 Å². The molecule has 7 heteroatoms. The Bertz CT molecular complexity index is 932. The highest BCUT2D eigenvalue weighted by Crippen LogP contribution is 2.27. The molecule has 27 heavy (non-hydrogen) atoms. The fourth-order valence-electron chi connectivity index (χ4n) is 2.98. The number of nitrogens with zero attached hydrogens (tertiary/aromatic N) is 4. The summed E-state index contributed by atoms with van der Waals surface area (Å²) >= 11 is 0. The highest BCUT2D eigenvalue weighted by Gasteiger charge is 2.25. The van der Waals surface area contributed by atoms with Crippen molar-refractivity contribution in [1.82, 2.24) is 19.7 Å². The second kappa shape index (κ2) is 7.67. The fourth-order valence-corrected chi connectivity index (χ4v) is 2.98. The van der Waals surface area contributed by atoms with Gasteiger partial charge in [0.15, 0.2) is 11.6 Å². The number of aryl methyl sites for hydroxylation is 1. The van der Waals surface area contributed by atoms with E-state index in [-0.39, 0.29) is 18.3 Å². The van der Waals surface area contributed by atoms with Crippen molar-refractivity contribution in [2.24, 2.45) is 5.73 Å². The van der Waals surface area contributed by atoms with Gasteiger partial charge in [-0.1, -0.05) is 29.8 Å². The average Bonchev–Trinajstić information content (AvgIpc) is 2.99. The van der Waals surface area contributed by atoms with Crippen LogP contribution in [0.25, 0.3) is 5.69 Å². The first kappa shape index (κ1) is 18.7. The highest BCUT2D eigenvalue weighted by atomic mass is 19.1. The van der Waals surface area contributed by atoms with Gasteiger partial charge in [-0.15, -0.1) is 0 Å².